The lowest BCUT2D eigenvalue weighted by molar-refractivity contribution is -0.149. The van der Waals surface area contributed by atoms with Crippen molar-refractivity contribution in [1.82, 2.24) is 4.98 Å². The summed E-state index contributed by atoms with van der Waals surface area (Å²) in [5.74, 6) is 0. The molecule has 0 saturated carbocycles. The average molecular weight is 282 g/mol. The minimum Gasteiger partial charge on any atom is -0.329 e. The molecule has 2 rings (SSSR count). The zero-order valence-corrected chi connectivity index (χ0v) is 10.4. The summed E-state index contributed by atoms with van der Waals surface area (Å²) in [7, 11) is 0. The minimum absolute atomic E-state index is 0.0137. The normalized spacial score (nSPS) is 13.2. The molecule has 6 heteroatoms. The second-order valence-corrected chi connectivity index (χ2v) is 4.50. The number of nitrogens with one attached hydrogen (secondary N) is 1. The van der Waals surface area contributed by atoms with Crippen LogP contribution in [-0.4, -0.2) is 11.2 Å². The molecule has 0 aliphatic heterocycles. The number of pyridine rings is 1. The minimum atomic E-state index is -4.47. The quantitative estimate of drug-likeness (QED) is 0.908. The molecule has 0 bridgehead atoms. The maximum Gasteiger partial charge on any atom is 0.407 e. The number of hydrogen-bond acceptors (Lipinski definition) is 2. The number of H-pyrrole nitrogens is 1. The Bertz CT molecular complexity index is 649. The van der Waals surface area contributed by atoms with Gasteiger partial charge in [0.15, 0.2) is 0 Å². The second-order valence-electron chi connectivity index (χ2n) is 4.50. The van der Waals surface area contributed by atoms with Crippen molar-refractivity contribution in [2.45, 2.75) is 18.6 Å². The molecule has 3 N–H and O–H groups in total. The Balaban J connectivity index is 2.24. The first-order valence-corrected chi connectivity index (χ1v) is 5.95. The summed E-state index contributed by atoms with van der Waals surface area (Å²) in [6.45, 7) is 0. The highest BCUT2D eigenvalue weighted by Crippen LogP contribution is 2.30. The highest BCUT2D eigenvalue weighted by molar-refractivity contribution is 5.30. The monoisotopic (exact) mass is 282 g/mol. The number of nitrogens with two attached hydrogens (primary N) is 1. The van der Waals surface area contributed by atoms with Crippen LogP contribution in [-0.2, 0) is 6.42 Å². The molecule has 106 valence electrons. The Morgan fingerprint density at radius 2 is 1.85 bits per heavy atom. The maximum absolute atomic E-state index is 12.6. The first kappa shape index (κ1) is 14.3. The summed E-state index contributed by atoms with van der Waals surface area (Å²) in [5, 5.41) is 0. The van der Waals surface area contributed by atoms with E-state index in [0.29, 0.717) is 12.0 Å². The smallest absolute Gasteiger partial charge is 0.329 e. The Morgan fingerprint density at radius 3 is 2.50 bits per heavy atom. The molecular formula is C14H13F3N2O. The first-order valence-electron chi connectivity index (χ1n) is 5.95. The van der Waals surface area contributed by atoms with E-state index in [2.05, 4.69) is 4.98 Å². The molecule has 1 aromatic carbocycles. The molecule has 0 saturated heterocycles. The second kappa shape index (κ2) is 5.50. The SMILES string of the molecule is NC(c1cccc(Cc2cc[nH]c(=O)c2)c1)C(F)(F)F. The van der Waals surface area contributed by atoms with Crippen LogP contribution in [0.15, 0.2) is 47.4 Å². The van der Waals surface area contributed by atoms with E-state index < -0.39 is 12.2 Å². The first-order chi connectivity index (χ1) is 9.36. The summed E-state index contributed by atoms with van der Waals surface area (Å²) in [4.78, 5) is 13.6. The van der Waals surface area contributed by atoms with E-state index in [1.807, 2.05) is 0 Å². The Hall–Kier alpha value is -2.08. The topological polar surface area (TPSA) is 58.9 Å². The van der Waals surface area contributed by atoms with E-state index >= 15 is 0 Å². The Morgan fingerprint density at radius 1 is 1.15 bits per heavy atom. The van der Waals surface area contributed by atoms with Gasteiger partial charge in [0.2, 0.25) is 5.56 Å². The third kappa shape index (κ3) is 3.48. The highest BCUT2D eigenvalue weighted by Gasteiger charge is 2.37. The van der Waals surface area contributed by atoms with Crippen LogP contribution in [0.3, 0.4) is 0 Å². The number of hydrogen-bond donors (Lipinski definition) is 2. The molecule has 0 amide bonds. The van der Waals surface area contributed by atoms with Gasteiger partial charge in [0, 0.05) is 12.3 Å². The van der Waals surface area contributed by atoms with Gasteiger partial charge < -0.3 is 10.7 Å². The van der Waals surface area contributed by atoms with Gasteiger partial charge >= 0.3 is 6.18 Å². The van der Waals surface area contributed by atoms with Gasteiger partial charge in [0.1, 0.15) is 6.04 Å². The predicted molar refractivity (Wildman–Crippen MR) is 69.3 cm³/mol. The van der Waals surface area contributed by atoms with Gasteiger partial charge in [-0.25, -0.2) is 0 Å². The molecule has 0 radical (unpaired) electrons. The van der Waals surface area contributed by atoms with Crippen molar-refractivity contribution in [2.24, 2.45) is 5.73 Å². The standard InChI is InChI=1S/C14H13F3N2O/c15-14(16,17)13(18)11-3-1-2-9(7-11)6-10-4-5-19-12(20)8-10/h1-5,7-8,13H,6,18H2,(H,19,20). The van der Waals surface area contributed by atoms with E-state index in [1.54, 1.807) is 12.1 Å². The van der Waals surface area contributed by atoms with Crippen LogP contribution >= 0.6 is 0 Å². The lowest BCUT2D eigenvalue weighted by Crippen LogP contribution is -2.28. The molecule has 0 aliphatic rings. The molecule has 1 aromatic heterocycles. The van der Waals surface area contributed by atoms with Crippen LogP contribution in [0.2, 0.25) is 0 Å². The van der Waals surface area contributed by atoms with Crippen molar-refractivity contribution >= 4 is 0 Å². The van der Waals surface area contributed by atoms with Crippen LogP contribution in [0.5, 0.6) is 0 Å². The van der Waals surface area contributed by atoms with Gasteiger partial charge in [0.05, 0.1) is 0 Å². The summed E-state index contributed by atoms with van der Waals surface area (Å²) in [5.41, 5.74) is 6.35. The predicted octanol–water partition coefficient (Wildman–Crippen LogP) is 2.53. The Kier molecular flexibility index (Phi) is 3.94. The Labute approximate surface area is 113 Å². The van der Waals surface area contributed by atoms with Gasteiger partial charge in [-0.05, 0) is 29.2 Å². The molecule has 1 unspecified atom stereocenters. The van der Waals surface area contributed by atoms with Crippen molar-refractivity contribution in [1.29, 1.82) is 0 Å². The largest absolute Gasteiger partial charge is 0.407 e. The number of benzene rings is 1. The van der Waals surface area contributed by atoms with Gasteiger partial charge in [-0.2, -0.15) is 13.2 Å². The maximum atomic E-state index is 12.6. The summed E-state index contributed by atoms with van der Waals surface area (Å²) in [6.07, 6.45) is -2.59. The molecule has 20 heavy (non-hydrogen) atoms. The number of halogens is 3. The number of aromatic nitrogens is 1. The summed E-state index contributed by atoms with van der Waals surface area (Å²) >= 11 is 0. The van der Waals surface area contributed by atoms with E-state index in [1.165, 1.54) is 30.5 Å². The van der Waals surface area contributed by atoms with Gasteiger partial charge in [-0.1, -0.05) is 24.3 Å². The van der Waals surface area contributed by atoms with E-state index in [0.717, 1.165) is 5.56 Å². The van der Waals surface area contributed by atoms with Crippen LogP contribution in [0.1, 0.15) is 22.7 Å². The average Bonchev–Trinajstić information content (AvgIpc) is 2.37. The summed E-state index contributed by atoms with van der Waals surface area (Å²) < 4.78 is 37.7. The molecule has 0 aliphatic carbocycles. The molecule has 1 atom stereocenters. The third-order valence-corrected chi connectivity index (χ3v) is 2.91. The van der Waals surface area contributed by atoms with Gasteiger partial charge in [0.25, 0.3) is 0 Å². The van der Waals surface area contributed by atoms with Crippen molar-refractivity contribution in [3.8, 4) is 0 Å². The van der Waals surface area contributed by atoms with Crippen molar-refractivity contribution in [3.05, 3.63) is 69.6 Å². The lowest BCUT2D eigenvalue weighted by atomic mass is 10.00. The fourth-order valence-electron chi connectivity index (χ4n) is 1.92. The van der Waals surface area contributed by atoms with Crippen LogP contribution in [0.25, 0.3) is 0 Å². The zero-order valence-electron chi connectivity index (χ0n) is 10.4. The molecule has 1 heterocycles. The van der Waals surface area contributed by atoms with Gasteiger partial charge in [-0.3, -0.25) is 4.79 Å². The lowest BCUT2D eigenvalue weighted by Gasteiger charge is -2.16. The molecule has 2 aromatic rings. The van der Waals surface area contributed by atoms with E-state index in [-0.39, 0.29) is 11.1 Å². The van der Waals surface area contributed by atoms with E-state index in [9.17, 15) is 18.0 Å². The number of alkyl halides is 3. The zero-order chi connectivity index (χ0) is 14.8. The van der Waals surface area contributed by atoms with Crippen LogP contribution < -0.4 is 11.3 Å². The summed E-state index contributed by atoms with van der Waals surface area (Å²) in [6, 6.07) is 7.12. The van der Waals surface area contributed by atoms with Crippen molar-refractivity contribution in [2.75, 3.05) is 0 Å². The molecule has 0 fully saturated rings. The van der Waals surface area contributed by atoms with Crippen molar-refractivity contribution < 1.29 is 13.2 Å². The fourth-order valence-corrected chi connectivity index (χ4v) is 1.92. The fraction of sp³-hybridized carbons (Fsp3) is 0.214. The third-order valence-electron chi connectivity index (χ3n) is 2.91. The van der Waals surface area contributed by atoms with Crippen LogP contribution in [0.4, 0.5) is 13.2 Å². The molecular weight excluding hydrogens is 269 g/mol. The van der Waals surface area contributed by atoms with E-state index in [4.69, 9.17) is 5.73 Å². The van der Waals surface area contributed by atoms with Gasteiger partial charge in [-0.15, -0.1) is 0 Å². The number of rotatable bonds is 3. The highest BCUT2D eigenvalue weighted by atomic mass is 19.4. The van der Waals surface area contributed by atoms with Crippen molar-refractivity contribution in [3.63, 3.8) is 0 Å². The molecule has 3 nitrogen and oxygen atoms in total. The number of aromatic amines is 1. The molecule has 0 spiro atoms. The van der Waals surface area contributed by atoms with Crippen LogP contribution in [0, 0.1) is 0 Å².